The van der Waals surface area contributed by atoms with Crippen molar-refractivity contribution >= 4 is 24.2 Å². The molecule has 177 valence electrons. The number of hydrazone groups is 1. The van der Waals surface area contributed by atoms with E-state index < -0.39 is 11.7 Å². The fraction of sp³-hybridized carbons (Fsp3) is 0.464. The Morgan fingerprint density at radius 1 is 0.765 bits per heavy atom. The average molecular weight is 463 g/mol. The van der Waals surface area contributed by atoms with Gasteiger partial charge in [0.2, 0.25) is 0 Å². The molecule has 0 saturated heterocycles. The molecule has 0 spiro atoms. The van der Waals surface area contributed by atoms with E-state index in [1.807, 2.05) is 0 Å². The van der Waals surface area contributed by atoms with Crippen molar-refractivity contribution in [3.05, 3.63) is 70.8 Å². The van der Waals surface area contributed by atoms with E-state index in [0.29, 0.717) is 5.82 Å². The van der Waals surface area contributed by atoms with Crippen LogP contribution in [0.4, 0.5) is 13.2 Å². The molecule has 1 unspecified atom stereocenters. The number of nitrogens with zero attached hydrogens (tertiary/aromatic N) is 1. The summed E-state index contributed by atoms with van der Waals surface area (Å²) in [6.45, 7) is 0. The summed E-state index contributed by atoms with van der Waals surface area (Å²) in [5, 5.41) is 4.73. The molecule has 2 aromatic rings. The van der Waals surface area contributed by atoms with Gasteiger partial charge in [-0.3, -0.25) is 5.43 Å². The lowest BCUT2D eigenvalue weighted by Gasteiger charge is -2.31. The molecule has 2 aliphatic carbocycles. The predicted octanol–water partition coefficient (Wildman–Crippen LogP) is 7.09. The third-order valence-corrected chi connectivity index (χ3v) is 7.58. The van der Waals surface area contributed by atoms with Crippen LogP contribution in [0.2, 0.25) is 5.82 Å². The molecule has 5 rings (SSSR count). The summed E-state index contributed by atoms with van der Waals surface area (Å²) >= 11 is 0. The van der Waals surface area contributed by atoms with Crippen LogP contribution in [-0.2, 0) is 6.18 Å². The standard InChI is InChI=1S/C28H31BF3N2/c30-28(31,32)21-15-11-19(12-16-21)26-24-9-3-1-2-4-10-25(24)27(34-33-26)20-13-17-23(18-14-20)29-22-7-5-6-8-22/h11-18,22,24,34H,1-10H2. The molecule has 0 bridgehead atoms. The van der Waals surface area contributed by atoms with Gasteiger partial charge in [-0.1, -0.05) is 92.6 Å². The maximum absolute atomic E-state index is 13.1. The number of nitrogens with one attached hydrogen (secondary N) is 1. The average Bonchev–Trinajstić information content (AvgIpc) is 3.32. The summed E-state index contributed by atoms with van der Waals surface area (Å²) in [5.74, 6) is 0.838. The van der Waals surface area contributed by atoms with Crippen LogP contribution in [0.3, 0.4) is 0 Å². The van der Waals surface area contributed by atoms with Gasteiger partial charge in [-0.05, 0) is 48.1 Å². The van der Waals surface area contributed by atoms with Crippen molar-refractivity contribution in [1.29, 1.82) is 0 Å². The van der Waals surface area contributed by atoms with Crippen molar-refractivity contribution in [2.24, 2.45) is 11.0 Å². The SMILES string of the molecule is FC(F)(F)c1ccc(C2=NNC(c3ccc([B]C4CCCC4)cc3)=C3CCCCCCC23)cc1. The number of benzene rings is 2. The Morgan fingerprint density at radius 2 is 1.41 bits per heavy atom. The van der Waals surface area contributed by atoms with Gasteiger partial charge in [-0.2, -0.15) is 18.3 Å². The molecular formula is C28H31BF3N2. The van der Waals surface area contributed by atoms with Crippen LogP contribution >= 0.6 is 0 Å². The van der Waals surface area contributed by atoms with Gasteiger partial charge in [-0.25, -0.2) is 0 Å². The largest absolute Gasteiger partial charge is 0.416 e. The normalized spacial score (nSPS) is 21.9. The third kappa shape index (κ3) is 5.11. The van der Waals surface area contributed by atoms with E-state index in [1.165, 1.54) is 61.7 Å². The number of hydrogen-bond acceptors (Lipinski definition) is 2. The summed E-state index contributed by atoms with van der Waals surface area (Å²) < 4.78 is 39.2. The van der Waals surface area contributed by atoms with Gasteiger partial charge in [0.05, 0.1) is 17.0 Å². The lowest BCUT2D eigenvalue weighted by Crippen LogP contribution is -2.30. The molecule has 1 heterocycles. The number of hydrogen-bond donors (Lipinski definition) is 1. The van der Waals surface area contributed by atoms with Crippen LogP contribution < -0.4 is 10.9 Å². The van der Waals surface area contributed by atoms with E-state index in [-0.39, 0.29) is 5.92 Å². The van der Waals surface area contributed by atoms with Crippen molar-refractivity contribution in [1.82, 2.24) is 5.43 Å². The molecule has 6 heteroatoms. The minimum atomic E-state index is -4.33. The zero-order chi connectivity index (χ0) is 23.5. The highest BCUT2D eigenvalue weighted by molar-refractivity contribution is 6.55. The fourth-order valence-corrected chi connectivity index (χ4v) is 5.74. The molecule has 34 heavy (non-hydrogen) atoms. The van der Waals surface area contributed by atoms with E-state index in [0.717, 1.165) is 48.2 Å². The van der Waals surface area contributed by atoms with Crippen LogP contribution in [-0.4, -0.2) is 13.0 Å². The smallest absolute Gasteiger partial charge is 0.278 e. The Bertz CT molecular complexity index is 1050. The maximum Gasteiger partial charge on any atom is 0.416 e. The lowest BCUT2D eigenvalue weighted by molar-refractivity contribution is -0.137. The first kappa shape index (κ1) is 23.3. The summed E-state index contributed by atoms with van der Waals surface area (Å²) in [5.41, 5.74) is 9.15. The summed E-state index contributed by atoms with van der Waals surface area (Å²) in [7, 11) is 2.41. The van der Waals surface area contributed by atoms with Gasteiger partial charge in [0.25, 0.3) is 0 Å². The minimum Gasteiger partial charge on any atom is -0.278 e. The quantitative estimate of drug-likeness (QED) is 0.481. The minimum absolute atomic E-state index is 0.137. The van der Waals surface area contributed by atoms with E-state index in [9.17, 15) is 13.2 Å². The van der Waals surface area contributed by atoms with E-state index in [1.54, 1.807) is 12.1 Å². The van der Waals surface area contributed by atoms with Crippen LogP contribution in [0.1, 0.15) is 80.9 Å². The predicted molar refractivity (Wildman–Crippen MR) is 133 cm³/mol. The molecule has 0 amide bonds. The molecule has 1 radical (unpaired) electrons. The zero-order valence-electron chi connectivity index (χ0n) is 19.5. The molecular weight excluding hydrogens is 432 g/mol. The zero-order valence-corrected chi connectivity index (χ0v) is 19.5. The van der Waals surface area contributed by atoms with Gasteiger partial charge in [0.1, 0.15) is 0 Å². The highest BCUT2D eigenvalue weighted by atomic mass is 19.4. The second-order valence-electron chi connectivity index (χ2n) is 9.92. The van der Waals surface area contributed by atoms with Gasteiger partial charge in [0, 0.05) is 5.92 Å². The molecule has 2 saturated carbocycles. The molecule has 2 fully saturated rings. The Morgan fingerprint density at radius 3 is 2.12 bits per heavy atom. The van der Waals surface area contributed by atoms with Gasteiger partial charge < -0.3 is 0 Å². The summed E-state index contributed by atoms with van der Waals surface area (Å²) in [6, 6.07) is 14.2. The second kappa shape index (κ2) is 10.0. The molecule has 2 aromatic carbocycles. The Labute approximate surface area is 201 Å². The number of allylic oxidation sites excluding steroid dienone is 1. The van der Waals surface area contributed by atoms with Gasteiger partial charge >= 0.3 is 6.18 Å². The van der Waals surface area contributed by atoms with Crippen LogP contribution in [0, 0.1) is 5.92 Å². The van der Waals surface area contributed by atoms with Crippen molar-refractivity contribution in [3.8, 4) is 0 Å². The van der Waals surface area contributed by atoms with Crippen LogP contribution in [0.5, 0.6) is 0 Å². The Hall–Kier alpha value is -2.50. The Balaban J connectivity index is 1.42. The van der Waals surface area contributed by atoms with Crippen LogP contribution in [0.15, 0.2) is 59.2 Å². The fourth-order valence-electron chi connectivity index (χ4n) is 5.74. The molecule has 2 nitrogen and oxygen atoms in total. The monoisotopic (exact) mass is 463 g/mol. The first-order valence-corrected chi connectivity index (χ1v) is 12.7. The topological polar surface area (TPSA) is 24.4 Å². The van der Waals surface area contributed by atoms with Crippen molar-refractivity contribution in [3.63, 3.8) is 0 Å². The number of fused-ring (bicyclic) bond motifs is 1. The van der Waals surface area contributed by atoms with Crippen molar-refractivity contribution in [2.75, 3.05) is 0 Å². The second-order valence-corrected chi connectivity index (χ2v) is 9.92. The molecule has 0 aromatic heterocycles. The van der Waals surface area contributed by atoms with E-state index >= 15 is 0 Å². The van der Waals surface area contributed by atoms with Crippen molar-refractivity contribution < 1.29 is 13.2 Å². The summed E-state index contributed by atoms with van der Waals surface area (Å²) in [6.07, 6.45) is 7.54. The summed E-state index contributed by atoms with van der Waals surface area (Å²) in [4.78, 5) is 0. The maximum atomic E-state index is 13.1. The Kier molecular flexibility index (Phi) is 6.85. The lowest BCUT2D eigenvalue weighted by atomic mass is 9.58. The third-order valence-electron chi connectivity index (χ3n) is 7.58. The van der Waals surface area contributed by atoms with E-state index in [2.05, 4.69) is 37.0 Å². The van der Waals surface area contributed by atoms with E-state index in [4.69, 9.17) is 5.10 Å². The molecule has 3 aliphatic rings. The highest BCUT2D eigenvalue weighted by Gasteiger charge is 2.32. The molecule has 1 aliphatic heterocycles. The number of rotatable bonds is 4. The first-order chi connectivity index (χ1) is 16.5. The van der Waals surface area contributed by atoms with Crippen LogP contribution in [0.25, 0.3) is 5.70 Å². The van der Waals surface area contributed by atoms with Gasteiger partial charge in [0.15, 0.2) is 7.28 Å². The first-order valence-electron chi connectivity index (χ1n) is 12.7. The molecule has 1 atom stereocenters. The van der Waals surface area contributed by atoms with Crippen molar-refractivity contribution in [2.45, 2.75) is 76.2 Å². The highest BCUT2D eigenvalue weighted by Crippen LogP contribution is 2.38. The molecule has 1 N–H and O–H groups in total. The number of alkyl halides is 3. The number of halogens is 3. The van der Waals surface area contributed by atoms with Gasteiger partial charge in [-0.15, -0.1) is 0 Å².